The van der Waals surface area contributed by atoms with Crippen LogP contribution in [0.1, 0.15) is 142 Å². The Hall–Kier alpha value is 0.799. The molecule has 0 unspecified atom stereocenters. The van der Waals surface area contributed by atoms with Gasteiger partial charge >= 0.3 is 0 Å². The quantitative estimate of drug-likeness (QED) is 0.143. The summed E-state index contributed by atoms with van der Waals surface area (Å²) >= 11 is 0. The van der Waals surface area contributed by atoms with Crippen molar-refractivity contribution in [1.29, 1.82) is 0 Å². The van der Waals surface area contributed by atoms with Crippen molar-refractivity contribution < 1.29 is 0 Å². The van der Waals surface area contributed by atoms with Crippen molar-refractivity contribution >= 4 is 23.9 Å². The van der Waals surface area contributed by atoms with E-state index < -0.39 is 0 Å². The van der Waals surface area contributed by atoms with Crippen LogP contribution in [0.5, 0.6) is 0 Å². The Kier molecular flexibility index (Phi) is 28.3. The minimum atomic E-state index is 0. The molecular formula is C22H46Sn. The van der Waals surface area contributed by atoms with E-state index in [2.05, 4.69) is 13.8 Å². The molecule has 0 amide bonds. The maximum atomic E-state index is 2.30. The van der Waals surface area contributed by atoms with Crippen LogP contribution in [0, 0.1) is 0 Å². The van der Waals surface area contributed by atoms with Crippen LogP contribution in [0.2, 0.25) is 0 Å². The molecule has 0 aromatic rings. The van der Waals surface area contributed by atoms with Gasteiger partial charge in [-0.25, -0.2) is 0 Å². The normalized spacial score (nSPS) is 10.7. The Morgan fingerprint density at radius 3 is 0.522 bits per heavy atom. The van der Waals surface area contributed by atoms with E-state index in [4.69, 9.17) is 0 Å². The van der Waals surface area contributed by atoms with Crippen molar-refractivity contribution in [1.82, 2.24) is 0 Å². The molecule has 0 N–H and O–H groups in total. The first-order valence-corrected chi connectivity index (χ1v) is 10.9. The van der Waals surface area contributed by atoms with Gasteiger partial charge in [0.1, 0.15) is 0 Å². The first-order valence-electron chi connectivity index (χ1n) is 10.9. The van der Waals surface area contributed by atoms with Crippen molar-refractivity contribution in [3.63, 3.8) is 0 Å². The molecule has 0 saturated carbocycles. The van der Waals surface area contributed by atoms with Gasteiger partial charge in [-0.1, -0.05) is 142 Å². The van der Waals surface area contributed by atoms with Gasteiger partial charge in [0, 0.05) is 23.9 Å². The molecule has 0 fully saturated rings. The molecule has 4 radical (unpaired) electrons. The van der Waals surface area contributed by atoms with Crippen LogP contribution in [-0.4, -0.2) is 23.9 Å². The summed E-state index contributed by atoms with van der Waals surface area (Å²) in [6.07, 6.45) is 29.4. The van der Waals surface area contributed by atoms with E-state index in [1.807, 2.05) is 0 Å². The van der Waals surface area contributed by atoms with E-state index in [1.165, 1.54) is 128 Å². The van der Waals surface area contributed by atoms with Gasteiger partial charge in [0.2, 0.25) is 0 Å². The first-order chi connectivity index (χ1) is 10.9. The van der Waals surface area contributed by atoms with Gasteiger partial charge in [-0.2, -0.15) is 0 Å². The predicted molar refractivity (Wildman–Crippen MR) is 109 cm³/mol. The Balaban J connectivity index is 0. The molecule has 138 valence electrons. The van der Waals surface area contributed by atoms with E-state index in [-0.39, 0.29) is 23.9 Å². The molecule has 23 heavy (non-hydrogen) atoms. The molecule has 0 aliphatic heterocycles. The van der Waals surface area contributed by atoms with Crippen molar-refractivity contribution in [2.45, 2.75) is 142 Å². The number of rotatable bonds is 19. The van der Waals surface area contributed by atoms with Gasteiger partial charge in [0.15, 0.2) is 0 Å². The molecule has 0 aliphatic carbocycles. The molecule has 0 saturated heterocycles. The summed E-state index contributed by atoms with van der Waals surface area (Å²) in [5.74, 6) is 0. The number of hydrogen-bond acceptors (Lipinski definition) is 0. The second-order valence-electron chi connectivity index (χ2n) is 7.36. The molecule has 0 heterocycles. The third-order valence-corrected chi connectivity index (χ3v) is 4.96. The van der Waals surface area contributed by atoms with Crippen molar-refractivity contribution in [3.8, 4) is 0 Å². The third-order valence-electron chi connectivity index (χ3n) is 4.96. The summed E-state index contributed by atoms with van der Waals surface area (Å²) in [5, 5.41) is 0. The average Bonchev–Trinajstić information content (AvgIpc) is 2.54. The second-order valence-corrected chi connectivity index (χ2v) is 7.36. The van der Waals surface area contributed by atoms with Gasteiger partial charge < -0.3 is 0 Å². The Labute approximate surface area is 165 Å². The zero-order chi connectivity index (χ0) is 16.1. The van der Waals surface area contributed by atoms with Gasteiger partial charge in [0.25, 0.3) is 0 Å². The Morgan fingerprint density at radius 1 is 0.261 bits per heavy atom. The van der Waals surface area contributed by atoms with E-state index in [9.17, 15) is 0 Å². The van der Waals surface area contributed by atoms with Crippen LogP contribution >= 0.6 is 0 Å². The van der Waals surface area contributed by atoms with Crippen LogP contribution in [0.25, 0.3) is 0 Å². The fraction of sp³-hybridized carbons (Fsp3) is 1.00. The van der Waals surface area contributed by atoms with Crippen LogP contribution in [0.3, 0.4) is 0 Å². The van der Waals surface area contributed by atoms with Crippen LogP contribution < -0.4 is 0 Å². The topological polar surface area (TPSA) is 0 Å². The van der Waals surface area contributed by atoms with Gasteiger partial charge in [-0.15, -0.1) is 0 Å². The SMILES string of the molecule is CCCCCCCCCCCCCCCCCCCCCC.[Sn]. The molecule has 0 rings (SSSR count). The summed E-state index contributed by atoms with van der Waals surface area (Å²) in [7, 11) is 0. The molecule has 0 aromatic carbocycles. The van der Waals surface area contributed by atoms with Crippen LogP contribution in [0.15, 0.2) is 0 Å². The Bertz CT molecular complexity index is 159. The van der Waals surface area contributed by atoms with Crippen molar-refractivity contribution in [2.75, 3.05) is 0 Å². The molecule has 0 bridgehead atoms. The number of unbranched alkanes of at least 4 members (excludes halogenated alkanes) is 19. The minimum absolute atomic E-state index is 0. The first kappa shape index (κ1) is 26.0. The van der Waals surface area contributed by atoms with E-state index in [1.54, 1.807) is 0 Å². The third kappa shape index (κ3) is 25.2. The van der Waals surface area contributed by atoms with Gasteiger partial charge in [0.05, 0.1) is 0 Å². The maximum Gasteiger partial charge on any atom is 0 e. The molecule has 0 aromatic heterocycles. The van der Waals surface area contributed by atoms with Crippen molar-refractivity contribution in [3.05, 3.63) is 0 Å². The average molecular weight is 429 g/mol. The molecule has 0 aliphatic rings. The van der Waals surface area contributed by atoms with Crippen LogP contribution in [-0.2, 0) is 0 Å². The summed E-state index contributed by atoms with van der Waals surface area (Å²) in [5.41, 5.74) is 0. The zero-order valence-corrected chi connectivity index (χ0v) is 19.5. The summed E-state index contributed by atoms with van der Waals surface area (Å²) in [6.45, 7) is 4.60. The van der Waals surface area contributed by atoms with E-state index in [0.29, 0.717) is 0 Å². The molecular weight excluding hydrogens is 383 g/mol. The monoisotopic (exact) mass is 430 g/mol. The van der Waals surface area contributed by atoms with Gasteiger partial charge in [-0.3, -0.25) is 0 Å². The fourth-order valence-corrected chi connectivity index (χ4v) is 3.33. The summed E-state index contributed by atoms with van der Waals surface area (Å²) in [6, 6.07) is 0. The second kappa shape index (κ2) is 25.0. The summed E-state index contributed by atoms with van der Waals surface area (Å²) in [4.78, 5) is 0. The standard InChI is InChI=1S/C22H46.Sn/c1-3-5-7-9-11-13-15-17-19-21-22-20-18-16-14-12-10-8-6-4-2;/h3-22H2,1-2H3;. The fourth-order valence-electron chi connectivity index (χ4n) is 3.33. The number of hydrogen-bond donors (Lipinski definition) is 0. The summed E-state index contributed by atoms with van der Waals surface area (Å²) < 4.78 is 0. The van der Waals surface area contributed by atoms with E-state index >= 15 is 0 Å². The molecule has 0 atom stereocenters. The maximum absolute atomic E-state index is 2.30. The molecule has 0 nitrogen and oxygen atoms in total. The Morgan fingerprint density at radius 2 is 0.391 bits per heavy atom. The molecule has 1 heteroatoms. The zero-order valence-electron chi connectivity index (χ0n) is 16.6. The van der Waals surface area contributed by atoms with Gasteiger partial charge in [-0.05, 0) is 0 Å². The van der Waals surface area contributed by atoms with Crippen LogP contribution in [0.4, 0.5) is 0 Å². The minimum Gasteiger partial charge on any atom is -0.0654 e. The van der Waals surface area contributed by atoms with Crippen molar-refractivity contribution in [2.24, 2.45) is 0 Å². The predicted octanol–water partition coefficient (Wildman–Crippen LogP) is 8.45. The molecule has 0 spiro atoms. The smallest absolute Gasteiger partial charge is 0 e. The largest absolute Gasteiger partial charge is 0.0654 e. The van der Waals surface area contributed by atoms with E-state index in [0.717, 1.165) is 0 Å².